The van der Waals surface area contributed by atoms with Crippen molar-refractivity contribution in [3.05, 3.63) is 0 Å². The van der Waals surface area contributed by atoms with Gasteiger partial charge >= 0.3 is 48.2 Å². The Kier molecular flexibility index (Phi) is 5.66. The third-order valence-corrected chi connectivity index (χ3v) is 2.77. The quantitative estimate of drug-likeness (QED) is 0.453. The van der Waals surface area contributed by atoms with Crippen LogP contribution in [0.15, 0.2) is 0 Å². The van der Waals surface area contributed by atoms with Crippen LogP contribution in [0.5, 0.6) is 0 Å². The highest BCUT2D eigenvalue weighted by Gasteiger charge is 2.93. The molecule has 2 atom stereocenters. The third-order valence-electron chi connectivity index (χ3n) is 2.77. The van der Waals surface area contributed by atoms with Crippen LogP contribution in [0, 0.1) is 0 Å². The smallest absolute Gasteiger partial charge is 0.397 e. The van der Waals surface area contributed by atoms with E-state index in [2.05, 4.69) is 18.9 Å². The first-order chi connectivity index (χ1) is 12.1. The second-order valence-electron chi connectivity index (χ2n) is 4.93. The molecule has 0 aromatic heterocycles. The van der Waals surface area contributed by atoms with Crippen molar-refractivity contribution in [2.75, 3.05) is 6.67 Å². The Morgan fingerprint density at radius 2 is 1.36 bits per heavy atom. The molecule has 2 unspecified atom stereocenters. The second-order valence-corrected chi connectivity index (χ2v) is 4.93. The minimum Gasteiger partial charge on any atom is -0.397 e. The van der Waals surface area contributed by atoms with Gasteiger partial charge in [0.1, 0.15) is 0 Å². The van der Waals surface area contributed by atoms with Crippen molar-refractivity contribution in [3.8, 4) is 0 Å². The highest BCUT2D eigenvalue weighted by molar-refractivity contribution is 5.66. The van der Waals surface area contributed by atoms with Gasteiger partial charge in [-0.05, 0) is 0 Å². The first-order valence-electron chi connectivity index (χ1n) is 6.23. The standard InChI is InChI=1S/C10H5F13O5/c1-3(24)25-10(22,23)6(7(15,16)17)27-5(14,9(20,21)28-6)8(18,19)26-4(12,13)2-11/h2H2,1H3. The molecule has 28 heavy (non-hydrogen) atoms. The summed E-state index contributed by atoms with van der Waals surface area (Å²) in [6.45, 7) is -3.23. The van der Waals surface area contributed by atoms with Gasteiger partial charge in [-0.3, -0.25) is 14.3 Å². The summed E-state index contributed by atoms with van der Waals surface area (Å²) in [5.41, 5.74) is 0. The highest BCUT2D eigenvalue weighted by Crippen LogP contribution is 2.63. The molecule has 0 spiro atoms. The van der Waals surface area contributed by atoms with Crippen LogP contribution in [0.25, 0.3) is 0 Å². The molecule has 0 aromatic rings. The van der Waals surface area contributed by atoms with Crippen molar-refractivity contribution < 1.29 is 80.8 Å². The maximum Gasteiger partial charge on any atom is 0.466 e. The predicted molar refractivity (Wildman–Crippen MR) is 53.4 cm³/mol. The van der Waals surface area contributed by atoms with Gasteiger partial charge in [0.2, 0.25) is 0 Å². The number of ether oxygens (including phenoxy) is 4. The summed E-state index contributed by atoms with van der Waals surface area (Å²) in [5, 5.41) is 0. The van der Waals surface area contributed by atoms with E-state index in [0.717, 1.165) is 0 Å². The van der Waals surface area contributed by atoms with E-state index in [-0.39, 0.29) is 6.92 Å². The van der Waals surface area contributed by atoms with Gasteiger partial charge < -0.3 is 4.74 Å². The monoisotopic (exact) mass is 452 g/mol. The molecular weight excluding hydrogens is 447 g/mol. The van der Waals surface area contributed by atoms with E-state index >= 15 is 0 Å². The maximum absolute atomic E-state index is 14.0. The fourth-order valence-electron chi connectivity index (χ4n) is 1.68. The number of rotatable bonds is 6. The molecule has 0 bridgehead atoms. The van der Waals surface area contributed by atoms with E-state index < -0.39 is 54.9 Å². The van der Waals surface area contributed by atoms with Crippen molar-refractivity contribution in [1.82, 2.24) is 0 Å². The maximum atomic E-state index is 14.0. The molecule has 166 valence electrons. The van der Waals surface area contributed by atoms with Gasteiger partial charge in [-0.2, -0.15) is 52.7 Å². The first-order valence-corrected chi connectivity index (χ1v) is 6.23. The average Bonchev–Trinajstić information content (AvgIpc) is 2.66. The number of hydrogen-bond donors (Lipinski definition) is 0. The van der Waals surface area contributed by atoms with Gasteiger partial charge in [0, 0.05) is 6.92 Å². The molecule has 1 aliphatic heterocycles. The third kappa shape index (κ3) is 3.68. The highest BCUT2D eigenvalue weighted by atomic mass is 19.4. The van der Waals surface area contributed by atoms with Crippen LogP contribution in [0.1, 0.15) is 6.92 Å². The fourth-order valence-corrected chi connectivity index (χ4v) is 1.68. The number of alkyl halides is 13. The molecule has 5 nitrogen and oxygen atoms in total. The van der Waals surface area contributed by atoms with Gasteiger partial charge in [0.15, 0.2) is 6.67 Å². The van der Waals surface area contributed by atoms with Crippen molar-refractivity contribution >= 4 is 5.97 Å². The van der Waals surface area contributed by atoms with E-state index in [9.17, 15) is 61.9 Å². The van der Waals surface area contributed by atoms with Crippen LogP contribution in [0.3, 0.4) is 0 Å². The van der Waals surface area contributed by atoms with Gasteiger partial charge in [0.05, 0.1) is 0 Å². The molecule has 0 aromatic carbocycles. The van der Waals surface area contributed by atoms with E-state index in [0.29, 0.717) is 0 Å². The Morgan fingerprint density at radius 1 is 0.893 bits per heavy atom. The van der Waals surface area contributed by atoms with Gasteiger partial charge in [-0.15, -0.1) is 0 Å². The topological polar surface area (TPSA) is 54.0 Å². The lowest BCUT2D eigenvalue weighted by atomic mass is 10.2. The average molecular weight is 452 g/mol. The van der Waals surface area contributed by atoms with Crippen molar-refractivity contribution in [1.29, 1.82) is 0 Å². The number of hydrogen-bond acceptors (Lipinski definition) is 5. The molecule has 0 amide bonds. The fraction of sp³-hybridized carbons (Fsp3) is 0.900. The normalized spacial score (nSPS) is 29.1. The first kappa shape index (κ1) is 24.5. The van der Waals surface area contributed by atoms with Crippen LogP contribution in [0.4, 0.5) is 57.1 Å². The Bertz CT molecular complexity index is 619. The minimum absolute atomic E-state index is 0.00665. The summed E-state index contributed by atoms with van der Waals surface area (Å²) < 4.78 is 180. The van der Waals surface area contributed by atoms with Crippen molar-refractivity contribution in [2.24, 2.45) is 0 Å². The Balaban J connectivity index is 3.61. The predicted octanol–water partition coefficient (Wildman–Crippen LogP) is 3.88. The summed E-state index contributed by atoms with van der Waals surface area (Å²) in [6, 6.07) is 0. The van der Waals surface area contributed by atoms with Crippen LogP contribution < -0.4 is 0 Å². The molecule has 1 fully saturated rings. The van der Waals surface area contributed by atoms with E-state index in [1.54, 1.807) is 0 Å². The van der Waals surface area contributed by atoms with E-state index in [1.807, 2.05) is 0 Å². The zero-order valence-electron chi connectivity index (χ0n) is 12.7. The van der Waals surface area contributed by atoms with E-state index in [4.69, 9.17) is 0 Å². The minimum atomic E-state index is -7.04. The van der Waals surface area contributed by atoms with Gasteiger partial charge in [0.25, 0.3) is 0 Å². The number of carbonyl (C=O) groups is 1. The zero-order valence-corrected chi connectivity index (χ0v) is 12.7. The molecule has 0 aliphatic carbocycles. The van der Waals surface area contributed by atoms with Gasteiger partial charge in [-0.1, -0.05) is 0 Å². The largest absolute Gasteiger partial charge is 0.466 e. The zero-order chi connectivity index (χ0) is 22.6. The molecular formula is C10H5F13O5. The lowest BCUT2D eigenvalue weighted by Gasteiger charge is -2.35. The van der Waals surface area contributed by atoms with Crippen molar-refractivity contribution in [3.63, 3.8) is 0 Å². The molecule has 1 aliphatic rings. The Hall–Kier alpha value is -1.56. The number of carbonyl (C=O) groups excluding carboxylic acids is 1. The summed E-state index contributed by atoms with van der Waals surface area (Å²) in [6.07, 6.45) is -33.0. The summed E-state index contributed by atoms with van der Waals surface area (Å²) in [7, 11) is 0. The number of halogens is 13. The lowest BCUT2D eigenvalue weighted by molar-refractivity contribution is -0.499. The Morgan fingerprint density at radius 3 is 1.71 bits per heavy atom. The van der Waals surface area contributed by atoms with Crippen LogP contribution >= 0.6 is 0 Å². The molecule has 0 N–H and O–H groups in total. The molecule has 1 saturated heterocycles. The van der Waals surface area contributed by atoms with Crippen LogP contribution in [-0.2, 0) is 23.7 Å². The molecule has 0 radical (unpaired) electrons. The molecule has 0 saturated carbocycles. The Labute approximate surface area is 144 Å². The van der Waals surface area contributed by atoms with Crippen LogP contribution in [-0.4, -0.2) is 54.9 Å². The second kappa shape index (κ2) is 6.48. The summed E-state index contributed by atoms with van der Waals surface area (Å²) in [4.78, 5) is 10.5. The van der Waals surface area contributed by atoms with E-state index in [1.165, 1.54) is 0 Å². The summed E-state index contributed by atoms with van der Waals surface area (Å²) in [5.74, 6) is -15.6. The molecule has 1 heterocycles. The molecule has 1 rings (SSSR count). The van der Waals surface area contributed by atoms with Crippen LogP contribution in [0.2, 0.25) is 0 Å². The molecule has 18 heteroatoms. The van der Waals surface area contributed by atoms with Gasteiger partial charge in [-0.25, -0.2) is 9.13 Å². The van der Waals surface area contributed by atoms with Crippen molar-refractivity contribution in [2.45, 2.75) is 49.2 Å². The lowest BCUT2D eigenvalue weighted by Crippen LogP contribution is -2.63. The SMILES string of the molecule is CC(=O)OC(F)(F)C1(C(F)(F)F)OC(F)(F)C(F)(C(F)(F)OC(F)(F)CF)O1. The number of esters is 1. The summed E-state index contributed by atoms with van der Waals surface area (Å²) >= 11 is 0.